The fourth-order valence-electron chi connectivity index (χ4n) is 0.360. The Kier molecular flexibility index (Phi) is 1.36. The maximum atomic E-state index is 12.2. The Morgan fingerprint density at radius 3 is 3.00 bits per heavy atom. The highest BCUT2D eigenvalue weighted by Crippen LogP contribution is 1.93. The summed E-state index contributed by atoms with van der Waals surface area (Å²) in [5, 5.41) is 8.11. The van der Waals surface area contributed by atoms with E-state index in [-0.39, 0.29) is 5.69 Å². The molecule has 0 aliphatic heterocycles. The van der Waals surface area contributed by atoms with Crippen molar-refractivity contribution in [3.63, 3.8) is 0 Å². The van der Waals surface area contributed by atoms with E-state index in [1.807, 2.05) is 0 Å². The Balaban J connectivity index is 3.20. The lowest BCUT2D eigenvalue weighted by Crippen LogP contribution is -1.90. The van der Waals surface area contributed by atoms with Crippen LogP contribution in [0.2, 0.25) is 0 Å². The van der Waals surface area contributed by atoms with E-state index in [4.69, 9.17) is 5.26 Å². The molecule has 1 rings (SSSR count). The summed E-state index contributed by atoms with van der Waals surface area (Å²) in [7, 11) is 0. The molecular weight excluding hydrogens is 121 g/mol. The van der Waals surface area contributed by atoms with Gasteiger partial charge in [-0.2, -0.15) is 9.65 Å². The van der Waals surface area contributed by atoms with Gasteiger partial charge in [-0.3, -0.25) is 0 Å². The summed E-state index contributed by atoms with van der Waals surface area (Å²) in [5.74, 6) is -0.875. The van der Waals surface area contributed by atoms with Crippen LogP contribution in [0.4, 0.5) is 4.39 Å². The SMILES string of the molecule is N#Cc1nc[c]nc1F. The van der Waals surface area contributed by atoms with Crippen molar-refractivity contribution in [3.05, 3.63) is 24.0 Å². The van der Waals surface area contributed by atoms with Gasteiger partial charge >= 0.3 is 0 Å². The summed E-state index contributed by atoms with van der Waals surface area (Å²) >= 11 is 0. The highest BCUT2D eigenvalue weighted by atomic mass is 19.1. The number of rotatable bonds is 0. The summed E-state index contributed by atoms with van der Waals surface area (Å²) in [6, 6.07) is 1.53. The Morgan fingerprint density at radius 2 is 2.56 bits per heavy atom. The molecular formula is C5HFN3. The molecule has 0 fully saturated rings. The molecule has 1 aromatic heterocycles. The average molecular weight is 122 g/mol. The van der Waals surface area contributed by atoms with Gasteiger partial charge < -0.3 is 0 Å². The minimum atomic E-state index is -0.875. The van der Waals surface area contributed by atoms with E-state index in [1.165, 1.54) is 6.07 Å². The number of halogens is 1. The Morgan fingerprint density at radius 1 is 1.78 bits per heavy atom. The predicted octanol–water partition coefficient (Wildman–Crippen LogP) is 0.288. The maximum Gasteiger partial charge on any atom is 0.250 e. The van der Waals surface area contributed by atoms with Crippen molar-refractivity contribution in [1.82, 2.24) is 9.97 Å². The van der Waals surface area contributed by atoms with Gasteiger partial charge in [-0.15, -0.1) is 0 Å². The zero-order valence-electron chi connectivity index (χ0n) is 4.30. The Hall–Kier alpha value is -1.50. The number of hydrogen-bond acceptors (Lipinski definition) is 3. The molecule has 4 heteroatoms. The molecule has 0 amide bonds. The van der Waals surface area contributed by atoms with Gasteiger partial charge in [0.05, 0.1) is 6.20 Å². The van der Waals surface area contributed by atoms with E-state index in [2.05, 4.69) is 16.2 Å². The molecule has 43 valence electrons. The minimum absolute atomic E-state index is 0.297. The molecule has 0 saturated heterocycles. The summed E-state index contributed by atoms with van der Waals surface area (Å²) in [6.45, 7) is 0. The van der Waals surface area contributed by atoms with Crippen molar-refractivity contribution in [2.24, 2.45) is 0 Å². The topological polar surface area (TPSA) is 49.6 Å². The molecule has 9 heavy (non-hydrogen) atoms. The molecule has 3 nitrogen and oxygen atoms in total. The van der Waals surface area contributed by atoms with Crippen LogP contribution >= 0.6 is 0 Å². The monoisotopic (exact) mass is 122 g/mol. The quantitative estimate of drug-likeness (QED) is 0.496. The first-order valence-corrected chi connectivity index (χ1v) is 2.13. The Bertz CT molecular complexity index is 253. The molecule has 0 aliphatic rings. The maximum absolute atomic E-state index is 12.2. The number of aromatic nitrogens is 2. The molecule has 0 aromatic carbocycles. The summed E-state index contributed by atoms with van der Waals surface area (Å²) < 4.78 is 12.2. The molecule has 0 atom stereocenters. The van der Waals surface area contributed by atoms with Crippen LogP contribution in [0.15, 0.2) is 6.20 Å². The number of hydrogen-bond donors (Lipinski definition) is 0. The third kappa shape index (κ3) is 0.995. The summed E-state index contributed by atoms with van der Waals surface area (Å²) in [5.41, 5.74) is -0.297. The van der Waals surface area contributed by atoms with Gasteiger partial charge in [0.25, 0.3) is 0 Å². The van der Waals surface area contributed by atoms with E-state index in [1.54, 1.807) is 0 Å². The summed E-state index contributed by atoms with van der Waals surface area (Å²) in [4.78, 5) is 6.42. The molecule has 1 aromatic rings. The van der Waals surface area contributed by atoms with Crippen molar-refractivity contribution < 1.29 is 4.39 Å². The normalized spacial score (nSPS) is 8.44. The Labute approximate surface area is 50.8 Å². The van der Waals surface area contributed by atoms with E-state index in [0.717, 1.165) is 6.20 Å². The van der Waals surface area contributed by atoms with Gasteiger partial charge in [0.15, 0.2) is 5.69 Å². The molecule has 0 bridgehead atoms. The van der Waals surface area contributed by atoms with Crippen molar-refractivity contribution in [3.8, 4) is 6.07 Å². The first kappa shape index (κ1) is 5.63. The fourth-order valence-corrected chi connectivity index (χ4v) is 0.360. The van der Waals surface area contributed by atoms with Crippen LogP contribution in [0.5, 0.6) is 0 Å². The average Bonchev–Trinajstić information content (AvgIpc) is 1.89. The predicted molar refractivity (Wildman–Crippen MR) is 25.5 cm³/mol. The molecule has 0 unspecified atom stereocenters. The van der Waals surface area contributed by atoms with Crippen LogP contribution in [-0.4, -0.2) is 9.97 Å². The molecule has 0 saturated carbocycles. The molecule has 0 spiro atoms. The fraction of sp³-hybridized carbons (Fsp3) is 0. The van der Waals surface area contributed by atoms with Crippen LogP contribution in [0.3, 0.4) is 0 Å². The van der Waals surface area contributed by atoms with Crippen LogP contribution in [-0.2, 0) is 0 Å². The number of nitriles is 1. The number of nitrogens with zero attached hydrogens (tertiary/aromatic N) is 3. The van der Waals surface area contributed by atoms with Gasteiger partial charge in [0.2, 0.25) is 5.95 Å². The van der Waals surface area contributed by atoms with Crippen LogP contribution < -0.4 is 0 Å². The van der Waals surface area contributed by atoms with Gasteiger partial charge in [-0.05, 0) is 0 Å². The van der Waals surface area contributed by atoms with Crippen LogP contribution in [0, 0.1) is 23.5 Å². The smallest absolute Gasteiger partial charge is 0.239 e. The van der Waals surface area contributed by atoms with Gasteiger partial charge in [-0.1, -0.05) is 0 Å². The van der Waals surface area contributed by atoms with Crippen molar-refractivity contribution in [1.29, 1.82) is 5.26 Å². The zero-order valence-corrected chi connectivity index (χ0v) is 4.30. The molecule has 1 heterocycles. The highest BCUT2D eigenvalue weighted by molar-refractivity contribution is 5.15. The third-order valence-corrected chi connectivity index (χ3v) is 0.715. The van der Waals surface area contributed by atoms with Crippen molar-refractivity contribution >= 4 is 0 Å². The van der Waals surface area contributed by atoms with Gasteiger partial charge in [0.1, 0.15) is 12.3 Å². The second-order valence-electron chi connectivity index (χ2n) is 1.25. The standard InChI is InChI=1S/C5HFN3/c6-5-4(3-7)8-1-2-9-5/h1H. The lowest BCUT2D eigenvalue weighted by Gasteiger charge is -1.84. The lowest BCUT2D eigenvalue weighted by molar-refractivity contribution is 0.570. The van der Waals surface area contributed by atoms with E-state index >= 15 is 0 Å². The minimum Gasteiger partial charge on any atom is -0.239 e. The second kappa shape index (κ2) is 2.18. The first-order chi connectivity index (χ1) is 4.34. The van der Waals surface area contributed by atoms with Gasteiger partial charge in [-0.25, -0.2) is 9.97 Å². The van der Waals surface area contributed by atoms with Gasteiger partial charge in [0, 0.05) is 0 Å². The first-order valence-electron chi connectivity index (χ1n) is 2.13. The zero-order chi connectivity index (χ0) is 6.69. The summed E-state index contributed by atoms with van der Waals surface area (Å²) in [6.07, 6.45) is 3.29. The second-order valence-corrected chi connectivity index (χ2v) is 1.25. The van der Waals surface area contributed by atoms with E-state index in [0.29, 0.717) is 0 Å². The largest absolute Gasteiger partial charge is 0.250 e. The van der Waals surface area contributed by atoms with E-state index < -0.39 is 5.95 Å². The van der Waals surface area contributed by atoms with E-state index in [9.17, 15) is 4.39 Å². The van der Waals surface area contributed by atoms with Crippen LogP contribution in [0.1, 0.15) is 5.69 Å². The highest BCUT2D eigenvalue weighted by Gasteiger charge is 1.99. The molecule has 0 N–H and O–H groups in total. The van der Waals surface area contributed by atoms with Crippen molar-refractivity contribution in [2.75, 3.05) is 0 Å². The lowest BCUT2D eigenvalue weighted by atomic mass is 10.5. The molecule has 1 radical (unpaired) electrons. The van der Waals surface area contributed by atoms with Crippen LogP contribution in [0.25, 0.3) is 0 Å². The molecule has 0 aliphatic carbocycles. The third-order valence-electron chi connectivity index (χ3n) is 0.715. The van der Waals surface area contributed by atoms with Crippen molar-refractivity contribution in [2.45, 2.75) is 0 Å².